The lowest BCUT2D eigenvalue weighted by atomic mass is 10.0. The number of hydrogen-bond donors (Lipinski definition) is 3. The minimum Gasteiger partial charge on any atom is -0.475 e. The molecular formula is C20H15F5N6O3. The van der Waals surface area contributed by atoms with E-state index in [4.69, 9.17) is 9.90 Å². The number of carboxylic acid groups (broad SMARTS) is 1. The molecule has 1 aliphatic rings. The molecule has 1 aliphatic carbocycles. The highest BCUT2D eigenvalue weighted by Crippen LogP contribution is 2.35. The van der Waals surface area contributed by atoms with Crippen LogP contribution in [0.15, 0.2) is 30.6 Å². The summed E-state index contributed by atoms with van der Waals surface area (Å²) in [7, 11) is 0. The lowest BCUT2D eigenvalue weighted by Gasteiger charge is -2.08. The van der Waals surface area contributed by atoms with E-state index >= 15 is 0 Å². The second kappa shape index (κ2) is 8.35. The fourth-order valence-corrected chi connectivity index (χ4v) is 3.22. The van der Waals surface area contributed by atoms with E-state index in [1.165, 1.54) is 10.6 Å². The van der Waals surface area contributed by atoms with Crippen LogP contribution >= 0.6 is 0 Å². The van der Waals surface area contributed by atoms with Crippen molar-refractivity contribution in [1.29, 1.82) is 0 Å². The van der Waals surface area contributed by atoms with E-state index in [0.29, 0.717) is 33.8 Å². The van der Waals surface area contributed by atoms with Crippen LogP contribution in [0.1, 0.15) is 12.0 Å². The maximum Gasteiger partial charge on any atom is 0.490 e. The van der Waals surface area contributed by atoms with Gasteiger partial charge >= 0.3 is 12.1 Å². The Labute approximate surface area is 186 Å². The Kier molecular flexibility index (Phi) is 5.67. The number of nitrogens with one attached hydrogen (secondary N) is 2. The summed E-state index contributed by atoms with van der Waals surface area (Å²) in [6, 6.07) is 4.87. The average Bonchev–Trinajstić information content (AvgIpc) is 3.13. The number of hydrogen-bond acceptors (Lipinski definition) is 5. The summed E-state index contributed by atoms with van der Waals surface area (Å²) in [6.07, 6.45) is -2.72. The van der Waals surface area contributed by atoms with Crippen molar-refractivity contribution in [2.24, 2.45) is 5.92 Å². The minimum absolute atomic E-state index is 0.251. The number of halogens is 5. The van der Waals surface area contributed by atoms with Gasteiger partial charge < -0.3 is 10.4 Å². The molecule has 5 rings (SSSR count). The topological polar surface area (TPSA) is 125 Å². The van der Waals surface area contributed by atoms with Crippen LogP contribution in [0, 0.1) is 18.7 Å². The number of imidazole rings is 1. The number of benzene rings is 1. The summed E-state index contributed by atoms with van der Waals surface area (Å²) >= 11 is 0. The number of rotatable bonds is 3. The third-order valence-corrected chi connectivity index (χ3v) is 5.06. The van der Waals surface area contributed by atoms with Gasteiger partial charge in [0.05, 0.1) is 29.5 Å². The van der Waals surface area contributed by atoms with Gasteiger partial charge in [-0.25, -0.2) is 23.1 Å². The second-order valence-corrected chi connectivity index (χ2v) is 7.49. The second-order valence-electron chi connectivity index (χ2n) is 7.49. The molecule has 0 unspecified atom stereocenters. The summed E-state index contributed by atoms with van der Waals surface area (Å²) in [6.45, 7) is 1.69. The number of fused-ring (bicyclic) bond motifs is 2. The Morgan fingerprint density at radius 2 is 1.97 bits per heavy atom. The number of carbonyl (C=O) groups is 2. The van der Waals surface area contributed by atoms with Gasteiger partial charge in [-0.05, 0) is 37.1 Å². The van der Waals surface area contributed by atoms with Crippen molar-refractivity contribution in [2.75, 3.05) is 5.32 Å². The monoisotopic (exact) mass is 482 g/mol. The molecule has 0 radical (unpaired) electrons. The zero-order chi connectivity index (χ0) is 24.8. The average molecular weight is 482 g/mol. The quantitative estimate of drug-likeness (QED) is 0.383. The van der Waals surface area contributed by atoms with Crippen molar-refractivity contribution in [1.82, 2.24) is 24.8 Å². The molecule has 178 valence electrons. The highest BCUT2D eigenvalue weighted by atomic mass is 19.4. The Balaban J connectivity index is 0.000000344. The number of carbonyl (C=O) groups excluding carboxylic acids is 1. The predicted octanol–water partition coefficient (Wildman–Crippen LogP) is 3.65. The van der Waals surface area contributed by atoms with Crippen LogP contribution in [0.5, 0.6) is 0 Å². The molecule has 1 saturated carbocycles. The van der Waals surface area contributed by atoms with Crippen molar-refractivity contribution < 1.29 is 36.6 Å². The van der Waals surface area contributed by atoms with Crippen LogP contribution in [0.25, 0.3) is 27.8 Å². The normalized spacial score (nSPS) is 17.4. The number of aromatic nitrogens is 5. The summed E-state index contributed by atoms with van der Waals surface area (Å²) in [4.78, 5) is 25.0. The van der Waals surface area contributed by atoms with Crippen LogP contribution in [0.4, 0.5) is 27.8 Å². The van der Waals surface area contributed by atoms with Gasteiger partial charge in [-0.15, -0.1) is 0 Å². The molecular weight excluding hydrogens is 467 g/mol. The van der Waals surface area contributed by atoms with Gasteiger partial charge in [0.25, 0.3) is 0 Å². The molecule has 14 heteroatoms. The number of nitrogens with zero attached hydrogens (tertiary/aromatic N) is 4. The molecule has 3 N–H and O–H groups in total. The van der Waals surface area contributed by atoms with Gasteiger partial charge in [0.1, 0.15) is 12.0 Å². The minimum atomic E-state index is -5.08. The summed E-state index contributed by atoms with van der Waals surface area (Å²) in [5.74, 6) is -3.79. The number of amides is 1. The molecule has 0 spiro atoms. The third kappa shape index (κ3) is 4.51. The first-order chi connectivity index (χ1) is 16.0. The smallest absolute Gasteiger partial charge is 0.475 e. The lowest BCUT2D eigenvalue weighted by molar-refractivity contribution is -0.192. The van der Waals surface area contributed by atoms with Crippen LogP contribution in [-0.2, 0) is 9.59 Å². The fraction of sp³-hybridized carbons (Fsp3) is 0.250. The van der Waals surface area contributed by atoms with Crippen LogP contribution in [0.2, 0.25) is 0 Å². The van der Waals surface area contributed by atoms with Crippen molar-refractivity contribution in [3.05, 3.63) is 42.0 Å². The van der Waals surface area contributed by atoms with Crippen molar-refractivity contribution in [2.45, 2.75) is 25.7 Å². The van der Waals surface area contributed by atoms with Gasteiger partial charge in [0.15, 0.2) is 11.5 Å². The number of H-pyrrole nitrogens is 1. The number of carboxylic acids is 1. The molecule has 0 bridgehead atoms. The maximum absolute atomic E-state index is 14.3. The third-order valence-electron chi connectivity index (χ3n) is 5.06. The number of aliphatic carboxylic acids is 1. The molecule has 2 atom stereocenters. The van der Waals surface area contributed by atoms with Gasteiger partial charge in [-0.3, -0.25) is 9.89 Å². The van der Waals surface area contributed by atoms with E-state index in [9.17, 15) is 26.7 Å². The molecule has 0 aliphatic heterocycles. The first-order valence-corrected chi connectivity index (χ1v) is 9.69. The first-order valence-electron chi connectivity index (χ1n) is 9.69. The first kappa shape index (κ1) is 23.1. The zero-order valence-corrected chi connectivity index (χ0v) is 17.2. The number of alkyl halides is 4. The van der Waals surface area contributed by atoms with Crippen LogP contribution in [0.3, 0.4) is 0 Å². The van der Waals surface area contributed by atoms with E-state index in [1.54, 1.807) is 31.5 Å². The molecule has 0 saturated heterocycles. The molecule has 34 heavy (non-hydrogen) atoms. The number of anilines is 1. The predicted molar refractivity (Wildman–Crippen MR) is 108 cm³/mol. The van der Waals surface area contributed by atoms with Crippen molar-refractivity contribution in [3.63, 3.8) is 0 Å². The highest BCUT2D eigenvalue weighted by molar-refractivity contribution is 5.96. The van der Waals surface area contributed by atoms with E-state index in [0.717, 1.165) is 5.39 Å². The van der Waals surface area contributed by atoms with Gasteiger partial charge in [-0.1, -0.05) is 0 Å². The van der Waals surface area contributed by atoms with Gasteiger partial charge in [-0.2, -0.15) is 23.4 Å². The highest BCUT2D eigenvalue weighted by Gasteiger charge is 2.43. The summed E-state index contributed by atoms with van der Waals surface area (Å²) in [5.41, 5.74) is 2.75. The molecule has 9 nitrogen and oxygen atoms in total. The standard InChI is InChI=1S/C18H14F2N6O.C2HF3O2/c1-8-11(19)5-14-10(6-21-24-14)17(8)13-2-3-16-22-15(7-26(16)25-13)23-18(27)9-4-12(9)20;3-2(4,5)1(6)7/h2-3,5-7,9,12H,4H2,1H3,(H,21,24)(H,23,27);(H,6,7)/t9-,12+;/m1./s1. The van der Waals surface area contributed by atoms with Gasteiger partial charge in [0.2, 0.25) is 5.91 Å². The molecule has 1 aromatic carbocycles. The SMILES string of the molecule is Cc1c(F)cc2[nH]ncc2c1-c1ccc2nc(NC(=O)[C@@H]3C[C@@H]3F)cn2n1.O=C(O)C(F)(F)F. The molecule has 1 amide bonds. The van der Waals surface area contributed by atoms with Gasteiger partial charge in [0, 0.05) is 10.9 Å². The summed E-state index contributed by atoms with van der Waals surface area (Å²) < 4.78 is 60.5. The van der Waals surface area contributed by atoms with Crippen molar-refractivity contribution >= 4 is 34.2 Å². The van der Waals surface area contributed by atoms with Crippen LogP contribution < -0.4 is 5.32 Å². The Morgan fingerprint density at radius 3 is 2.59 bits per heavy atom. The lowest BCUT2D eigenvalue weighted by Crippen LogP contribution is -2.21. The molecule has 3 aromatic heterocycles. The van der Waals surface area contributed by atoms with Crippen molar-refractivity contribution in [3.8, 4) is 11.3 Å². The molecule has 3 heterocycles. The largest absolute Gasteiger partial charge is 0.490 e. The van der Waals surface area contributed by atoms with E-state index in [2.05, 4.69) is 25.6 Å². The van der Waals surface area contributed by atoms with E-state index in [1.807, 2.05) is 0 Å². The van der Waals surface area contributed by atoms with E-state index < -0.39 is 24.2 Å². The Morgan fingerprint density at radius 1 is 1.29 bits per heavy atom. The zero-order valence-electron chi connectivity index (χ0n) is 17.2. The number of aromatic amines is 1. The Bertz CT molecular complexity index is 1410. The molecule has 1 fully saturated rings. The fourth-order valence-electron chi connectivity index (χ4n) is 3.22. The Hall–Kier alpha value is -4.10. The molecule has 4 aromatic rings. The van der Waals surface area contributed by atoms with Crippen LogP contribution in [-0.4, -0.2) is 54.1 Å². The summed E-state index contributed by atoms with van der Waals surface area (Å²) in [5, 5.41) is 21.7. The van der Waals surface area contributed by atoms with E-state index in [-0.39, 0.29) is 18.1 Å². The maximum atomic E-state index is 14.3.